The number of benzene rings is 6. The quantitative estimate of drug-likeness (QED) is 0.0122. The van der Waals surface area contributed by atoms with Gasteiger partial charge >= 0.3 is 11.9 Å². The summed E-state index contributed by atoms with van der Waals surface area (Å²) >= 11 is 0. The molecule has 1 N–H and O–H groups in total. The van der Waals surface area contributed by atoms with E-state index in [4.69, 9.17) is 76.2 Å². The van der Waals surface area contributed by atoms with Crippen LogP contribution in [0.3, 0.4) is 0 Å². The van der Waals surface area contributed by atoms with Crippen LogP contribution in [-0.2, 0) is 98.4 Å². The van der Waals surface area contributed by atoms with Crippen LogP contribution in [-0.4, -0.2) is 233 Å². The fourth-order valence-corrected chi connectivity index (χ4v) is 15.7. The molecule has 0 spiro atoms. The molecule has 6 aromatic rings. The lowest BCUT2D eigenvalue weighted by molar-refractivity contribution is -0.139. The van der Waals surface area contributed by atoms with Crippen LogP contribution in [0.2, 0.25) is 0 Å². The molecule has 0 aliphatic rings. The zero-order valence-corrected chi connectivity index (χ0v) is 77.9. The Balaban J connectivity index is 0.000000488. The van der Waals surface area contributed by atoms with Crippen LogP contribution >= 0.6 is 7.14 Å². The van der Waals surface area contributed by atoms with Crippen LogP contribution < -0.4 is 20.4 Å². The number of carbonyl (C=O) groups is 4. The fourth-order valence-electron chi connectivity index (χ4n) is 13.1. The first-order chi connectivity index (χ1) is 61.1. The molecule has 6 rings (SSSR count). The number of aryl methyl sites for hydroxylation is 3. The normalized spacial score (nSPS) is 11.0. The second-order valence-electron chi connectivity index (χ2n) is 29.6. The maximum Gasteiger partial charge on any atom is 0.330 e. The number of hydrogen-bond acceptors (Lipinski definition) is 23. The molecule has 0 aliphatic heterocycles. The van der Waals surface area contributed by atoms with Crippen LogP contribution in [0, 0.1) is 20.8 Å². The molecule has 6 aromatic carbocycles. The zero-order valence-electron chi connectivity index (χ0n) is 77.0. The van der Waals surface area contributed by atoms with Crippen molar-refractivity contribution in [2.45, 2.75) is 171 Å². The minimum atomic E-state index is -3.44. The van der Waals surface area contributed by atoms with E-state index in [-0.39, 0.29) is 31.1 Å². The van der Waals surface area contributed by atoms with Crippen LogP contribution in [0.5, 0.6) is 0 Å². The van der Waals surface area contributed by atoms with Gasteiger partial charge in [-0.05, 0) is 132 Å². The molecule has 0 fully saturated rings. The molecule has 0 heterocycles. The predicted octanol–water partition coefficient (Wildman–Crippen LogP) is 18.0. The summed E-state index contributed by atoms with van der Waals surface area (Å²) < 4.78 is 95.1. The molecular weight excluding hydrogens is 1610 g/mol. The van der Waals surface area contributed by atoms with E-state index in [1.54, 1.807) is 36.4 Å². The second-order valence-corrected chi connectivity index (χ2v) is 32.2. The van der Waals surface area contributed by atoms with E-state index in [1.165, 1.54) is 96.3 Å². The van der Waals surface area contributed by atoms with Gasteiger partial charge in [0, 0.05) is 83.6 Å². The van der Waals surface area contributed by atoms with Crippen molar-refractivity contribution in [1.29, 1.82) is 0 Å². The highest BCUT2D eigenvalue weighted by Gasteiger charge is 2.38. The Morgan fingerprint density at radius 3 is 0.880 bits per heavy atom. The number of unbranched alkanes of at least 4 members (excludes halogenated alkanes) is 15. The van der Waals surface area contributed by atoms with Crippen molar-refractivity contribution in [3.05, 3.63) is 215 Å². The largest absolute Gasteiger partial charge is 0.458 e. The van der Waals surface area contributed by atoms with Crippen molar-refractivity contribution in [2.75, 3.05) is 214 Å². The van der Waals surface area contributed by atoms with Gasteiger partial charge in [-0.3, -0.25) is 9.59 Å². The number of ether oxygens (including phenoxy) is 15. The Hall–Kier alpha value is -7.65. The number of aliphatic hydroxyl groups is 1. The molecule has 0 unspecified atom stereocenters. The van der Waals surface area contributed by atoms with Gasteiger partial charge in [0.1, 0.15) is 13.2 Å². The number of aliphatic hydroxyl groups excluding tert-OH is 1. The molecule has 0 aliphatic carbocycles. The van der Waals surface area contributed by atoms with Gasteiger partial charge in [0.25, 0.3) is 0 Å². The average Bonchev–Trinajstić information content (AvgIpc) is 0.755. The molecule has 0 saturated carbocycles. The predicted molar refractivity (Wildman–Crippen MR) is 502 cm³/mol. The van der Waals surface area contributed by atoms with Gasteiger partial charge in [-0.1, -0.05) is 213 Å². The Bertz CT molecular complexity index is 3500. The number of anilines is 2. The van der Waals surface area contributed by atoms with Crippen molar-refractivity contribution >= 4 is 52.4 Å². The first-order valence-corrected chi connectivity index (χ1v) is 47.2. The molecule has 0 aromatic heterocycles. The number of carbonyl (C=O) groups excluding carboxylic acids is 4. The lowest BCUT2D eigenvalue weighted by Gasteiger charge is -2.21. The summed E-state index contributed by atoms with van der Waals surface area (Å²) in [7, 11) is -3.44. The summed E-state index contributed by atoms with van der Waals surface area (Å²) in [5.74, 6) is -0.871. The summed E-state index contributed by atoms with van der Waals surface area (Å²) in [5, 5.41) is 9.75. The van der Waals surface area contributed by atoms with Crippen molar-refractivity contribution in [3.63, 3.8) is 0 Å². The Morgan fingerprint density at radius 1 is 0.336 bits per heavy atom. The fraction of sp³-hybridized carbons (Fsp3) is 0.564. The maximum absolute atomic E-state index is 14.2. The summed E-state index contributed by atoms with van der Waals surface area (Å²) in [4.78, 5) is 52.6. The Labute approximate surface area is 749 Å². The van der Waals surface area contributed by atoms with Crippen LogP contribution in [0.1, 0.15) is 191 Å². The van der Waals surface area contributed by atoms with Gasteiger partial charge in [0.15, 0.2) is 5.78 Å². The topological polar surface area (TPSA) is 251 Å². The zero-order chi connectivity index (χ0) is 90.5. The lowest BCUT2D eigenvalue weighted by atomic mass is 10.0. The van der Waals surface area contributed by atoms with Gasteiger partial charge in [0.2, 0.25) is 12.7 Å². The van der Waals surface area contributed by atoms with Gasteiger partial charge in [0.05, 0.1) is 172 Å². The van der Waals surface area contributed by atoms with Gasteiger partial charge < -0.3 is 90.5 Å². The molecule has 0 saturated heterocycles. The maximum atomic E-state index is 14.2. The molecule has 0 radical (unpaired) electrons. The van der Waals surface area contributed by atoms with E-state index in [0.717, 1.165) is 102 Å². The standard InChI is InChI=1S/C44H90O14.C22H21O2P.C21H28N2O.C14H14O4/c1-2-3-4-5-6-7-8-9-10-11-12-13-14-15-16-17-19-46-21-23-48-25-27-50-29-31-52-33-35-54-37-39-56-41-43-58-44-42-57-40-38-55-36-34-53-32-30-51-28-26-49-24-22-47-20-18-45;1-16-14-17(2)21(18(3)15-16)22(23)25(24,19-10-6-4-7-11-19)20-12-8-5-9-13-20;1-5-22(6-2)19-13-9-17(10-14-19)21(24)18-11-15-20(16-12-18)23(7-3)8-4;1-3-13(15)17-9-11-6-5-7-12(8-11)10-18-14(16)4-2/h45H,2-44H2,1H3;4-15H,1-3H3;9-16H,5-8H2,1-4H3;3-8H,1-2,9-10H2. The molecule has 0 amide bonds. The van der Waals surface area contributed by atoms with Gasteiger partial charge in [-0.2, -0.15) is 0 Å². The van der Waals surface area contributed by atoms with E-state index in [1.807, 2.05) is 130 Å². The van der Waals surface area contributed by atoms with E-state index in [9.17, 15) is 23.7 Å². The van der Waals surface area contributed by atoms with Crippen LogP contribution in [0.25, 0.3) is 0 Å². The van der Waals surface area contributed by atoms with E-state index >= 15 is 0 Å². The smallest absolute Gasteiger partial charge is 0.330 e. The first kappa shape index (κ1) is 112. The SMILES string of the molecule is C=CC(=O)OCc1cccc(COC(=O)C=C)c1.CCCCCCCCCCCCCCCCCCOCCOCCOCCOCCOCCOCCOCCOCCOCCOCCOCCOCCOCCO.CCN(CC)c1ccc(C(=O)c2ccc(N(CC)CC)cc2)cc1.Cc1cc(C)c(C(=O)P(=O)(c2ccccc2)c2ccccc2)c(C)c1. The van der Waals surface area contributed by atoms with Crippen LogP contribution in [0.4, 0.5) is 11.4 Å². The molecule has 698 valence electrons. The third-order valence-electron chi connectivity index (χ3n) is 19.9. The highest BCUT2D eigenvalue weighted by atomic mass is 31.2. The molecule has 24 heteroatoms. The summed E-state index contributed by atoms with van der Waals surface area (Å²) in [6, 6.07) is 45.2. The van der Waals surface area contributed by atoms with Gasteiger partial charge in [-0.15, -0.1) is 0 Å². The molecule has 23 nitrogen and oxygen atoms in total. The Morgan fingerprint density at radius 2 is 0.608 bits per heavy atom. The molecule has 0 bridgehead atoms. The number of ketones is 1. The number of rotatable bonds is 73. The third-order valence-corrected chi connectivity index (χ3v) is 22.7. The molecule has 0 atom stereocenters. The second kappa shape index (κ2) is 76.4. The van der Waals surface area contributed by atoms with E-state index < -0.39 is 19.1 Å². The van der Waals surface area contributed by atoms with Crippen molar-refractivity contribution in [3.8, 4) is 0 Å². The highest BCUT2D eigenvalue weighted by molar-refractivity contribution is 7.93. The minimum Gasteiger partial charge on any atom is -0.458 e. The van der Waals surface area contributed by atoms with Crippen molar-refractivity contribution in [2.24, 2.45) is 0 Å². The summed E-state index contributed by atoms with van der Waals surface area (Å²) in [6.07, 6.45) is 24.4. The van der Waals surface area contributed by atoms with E-state index in [2.05, 4.69) is 57.6 Å². The monoisotopic (exact) mass is 1760 g/mol. The molecule has 125 heavy (non-hydrogen) atoms. The average molecular weight is 1760 g/mol. The van der Waals surface area contributed by atoms with Gasteiger partial charge in [-0.25, -0.2) is 9.59 Å². The number of hydrogen-bond donors (Lipinski definition) is 1. The lowest BCUT2D eigenvalue weighted by Crippen LogP contribution is -2.23. The number of esters is 2. The van der Waals surface area contributed by atoms with Crippen LogP contribution in [0.15, 0.2) is 171 Å². The molecular formula is C101H153N2O21P. The first-order valence-electron chi connectivity index (χ1n) is 45.5. The number of nitrogens with zero attached hydrogens (tertiary/aromatic N) is 2. The Kier molecular flexibility index (Phi) is 68.2. The minimum absolute atomic E-state index is 0.0258. The van der Waals surface area contributed by atoms with Crippen molar-refractivity contribution < 1.29 is 99.9 Å². The summed E-state index contributed by atoms with van der Waals surface area (Å²) in [5.41, 5.74) is 8.55. The van der Waals surface area contributed by atoms with Crippen molar-refractivity contribution in [1.82, 2.24) is 0 Å². The summed E-state index contributed by atoms with van der Waals surface area (Å²) in [6.45, 7) is 41.3. The van der Waals surface area contributed by atoms with E-state index in [0.29, 0.717) is 181 Å². The third kappa shape index (κ3) is 53.0. The highest BCUT2D eigenvalue weighted by Crippen LogP contribution is 2.48.